The van der Waals surface area contributed by atoms with E-state index in [1.165, 1.54) is 30.2 Å². The van der Waals surface area contributed by atoms with Crippen molar-refractivity contribution >= 4 is 27.7 Å². The van der Waals surface area contributed by atoms with Gasteiger partial charge in [-0.25, -0.2) is 4.79 Å². The minimum atomic E-state index is -0.615. The zero-order valence-corrected chi connectivity index (χ0v) is 10.8. The lowest BCUT2D eigenvalue weighted by molar-refractivity contribution is 0.179. The fourth-order valence-corrected chi connectivity index (χ4v) is 1.53. The second kappa shape index (κ2) is 5.58. The summed E-state index contributed by atoms with van der Waals surface area (Å²) in [7, 11) is 1.25. The Labute approximate surface area is 107 Å². The lowest BCUT2D eigenvalue weighted by Gasteiger charge is -2.21. The number of carbonyl (C=O) groups is 1. The Bertz CT molecular complexity index is 427. The predicted molar refractivity (Wildman–Crippen MR) is 67.6 cm³/mol. The highest BCUT2D eigenvalue weighted by atomic mass is 79.9. The van der Waals surface area contributed by atoms with Crippen molar-refractivity contribution in [3.05, 3.63) is 29.3 Å². The maximum Gasteiger partial charge on any atom is 0.414 e. The largest absolute Gasteiger partial charge is 0.508 e. The lowest BCUT2D eigenvalue weighted by Crippen LogP contribution is -2.31. The third kappa shape index (κ3) is 3.67. The van der Waals surface area contributed by atoms with Crippen molar-refractivity contribution in [2.45, 2.75) is 0 Å². The Morgan fingerprint density at radius 1 is 1.41 bits per heavy atom. The van der Waals surface area contributed by atoms with Crippen LogP contribution < -0.4 is 4.90 Å². The van der Waals surface area contributed by atoms with Crippen molar-refractivity contribution in [1.82, 2.24) is 0 Å². The quantitative estimate of drug-likeness (QED) is 0.900. The van der Waals surface area contributed by atoms with E-state index in [0.29, 0.717) is 10.2 Å². The predicted octanol–water partition coefficient (Wildman–Crippen LogP) is 2.58. The summed E-state index contributed by atoms with van der Waals surface area (Å²) < 4.78 is 5.17. The molecule has 1 amide bonds. The van der Waals surface area contributed by atoms with Gasteiger partial charge in [-0.3, -0.25) is 4.90 Å². The zero-order chi connectivity index (χ0) is 13.0. The molecule has 1 aromatic rings. The lowest BCUT2D eigenvalue weighted by atomic mass is 10.2. The molecule has 0 saturated carbocycles. The molecule has 0 aliphatic heterocycles. The fourth-order valence-electron chi connectivity index (χ4n) is 1.28. The number of phenolic OH excluding ortho intramolecular Hbond substituents is 2. The summed E-state index contributed by atoms with van der Waals surface area (Å²) in [6.07, 6.45) is -0.615. The number of benzene rings is 1. The Morgan fingerprint density at radius 2 is 1.94 bits per heavy atom. The van der Waals surface area contributed by atoms with Crippen molar-refractivity contribution in [1.29, 1.82) is 0 Å². The van der Waals surface area contributed by atoms with Gasteiger partial charge in [-0.1, -0.05) is 22.5 Å². The van der Waals surface area contributed by atoms with Crippen molar-refractivity contribution in [2.75, 3.05) is 18.6 Å². The molecule has 0 bridgehead atoms. The number of aromatic hydroxyl groups is 2. The Kier molecular flexibility index (Phi) is 4.39. The highest BCUT2D eigenvalue weighted by Gasteiger charge is 2.17. The third-order valence-electron chi connectivity index (χ3n) is 1.92. The van der Waals surface area contributed by atoms with Crippen LogP contribution in [0, 0.1) is 0 Å². The average Bonchev–Trinajstić information content (AvgIpc) is 2.23. The summed E-state index contributed by atoms with van der Waals surface area (Å²) in [6.45, 7) is 3.79. The van der Waals surface area contributed by atoms with Crippen LogP contribution in [0.2, 0.25) is 0 Å². The van der Waals surface area contributed by atoms with Gasteiger partial charge in [0, 0.05) is 22.7 Å². The second-order valence-corrected chi connectivity index (χ2v) is 4.40. The maximum absolute atomic E-state index is 11.5. The molecule has 0 radical (unpaired) electrons. The molecule has 0 spiro atoms. The highest BCUT2D eigenvalue weighted by Crippen LogP contribution is 2.28. The van der Waals surface area contributed by atoms with Crippen LogP contribution in [0.4, 0.5) is 10.5 Å². The van der Waals surface area contributed by atoms with E-state index in [0.717, 1.165) is 0 Å². The second-order valence-electron chi connectivity index (χ2n) is 3.28. The van der Waals surface area contributed by atoms with Gasteiger partial charge < -0.3 is 14.9 Å². The van der Waals surface area contributed by atoms with Crippen LogP contribution >= 0.6 is 15.9 Å². The monoisotopic (exact) mass is 301 g/mol. The van der Waals surface area contributed by atoms with Crippen molar-refractivity contribution in [3.63, 3.8) is 0 Å². The Morgan fingerprint density at radius 3 is 2.35 bits per heavy atom. The normalized spacial score (nSPS) is 9.76. The van der Waals surface area contributed by atoms with Crippen LogP contribution in [0.25, 0.3) is 0 Å². The summed E-state index contributed by atoms with van der Waals surface area (Å²) in [5, 5.41) is 18.7. The number of hydrogen-bond acceptors (Lipinski definition) is 4. The smallest absolute Gasteiger partial charge is 0.414 e. The minimum absolute atomic E-state index is 0.144. The number of ether oxygens (including phenoxy) is 1. The number of methoxy groups -OCH3 is 1. The topological polar surface area (TPSA) is 70.0 Å². The summed E-state index contributed by atoms with van der Waals surface area (Å²) in [5.74, 6) is -0.289. The van der Waals surface area contributed by atoms with Gasteiger partial charge in [0.05, 0.1) is 19.3 Å². The number of hydrogen-bond donors (Lipinski definition) is 2. The van der Waals surface area contributed by atoms with Gasteiger partial charge in [0.15, 0.2) is 0 Å². The van der Waals surface area contributed by atoms with Crippen molar-refractivity contribution < 1.29 is 19.7 Å². The first-order chi connectivity index (χ1) is 7.93. The van der Waals surface area contributed by atoms with Crippen molar-refractivity contribution in [2.24, 2.45) is 0 Å². The molecule has 5 nitrogen and oxygen atoms in total. The average molecular weight is 302 g/mol. The molecule has 0 atom stereocenters. The van der Waals surface area contributed by atoms with E-state index in [1.54, 1.807) is 0 Å². The fraction of sp³-hybridized carbons (Fsp3) is 0.182. The van der Waals surface area contributed by atoms with E-state index in [4.69, 9.17) is 0 Å². The van der Waals surface area contributed by atoms with Crippen LogP contribution in [0.1, 0.15) is 0 Å². The standard InChI is InChI=1S/C11H12BrNO4/c1-7(12)6-13(11(16)17-2)8-3-9(14)5-10(15)4-8/h3-5,14-15H,1,6H2,2H3. The van der Waals surface area contributed by atoms with Crippen LogP contribution in [0.3, 0.4) is 0 Å². The van der Waals surface area contributed by atoms with Gasteiger partial charge in [-0.05, 0) is 0 Å². The van der Waals surface area contributed by atoms with E-state index in [2.05, 4.69) is 27.2 Å². The van der Waals surface area contributed by atoms with E-state index in [9.17, 15) is 15.0 Å². The summed E-state index contributed by atoms with van der Waals surface area (Å²) >= 11 is 3.14. The molecule has 0 aliphatic carbocycles. The number of rotatable bonds is 3. The number of carbonyl (C=O) groups excluding carboxylic acids is 1. The van der Waals surface area contributed by atoms with Gasteiger partial charge >= 0.3 is 6.09 Å². The molecule has 0 aliphatic rings. The molecule has 0 unspecified atom stereocenters. The number of amides is 1. The zero-order valence-electron chi connectivity index (χ0n) is 9.18. The summed E-state index contributed by atoms with van der Waals surface area (Å²) in [4.78, 5) is 12.8. The van der Waals surface area contributed by atoms with E-state index >= 15 is 0 Å². The molecule has 17 heavy (non-hydrogen) atoms. The van der Waals surface area contributed by atoms with E-state index in [1.807, 2.05) is 0 Å². The van der Waals surface area contributed by atoms with Crippen LogP contribution in [0.5, 0.6) is 11.5 Å². The van der Waals surface area contributed by atoms with E-state index < -0.39 is 6.09 Å². The van der Waals surface area contributed by atoms with Crippen LogP contribution in [-0.4, -0.2) is 30.0 Å². The van der Waals surface area contributed by atoms with Crippen LogP contribution in [0.15, 0.2) is 29.3 Å². The first kappa shape index (κ1) is 13.4. The highest BCUT2D eigenvalue weighted by molar-refractivity contribution is 9.11. The first-order valence-corrected chi connectivity index (χ1v) is 5.45. The Hall–Kier alpha value is -1.69. The molecule has 2 N–H and O–H groups in total. The molecule has 0 aromatic heterocycles. The van der Waals surface area contributed by atoms with Gasteiger partial charge in [-0.2, -0.15) is 0 Å². The number of anilines is 1. The molecule has 0 heterocycles. The van der Waals surface area contributed by atoms with Crippen LogP contribution in [-0.2, 0) is 4.74 Å². The molecule has 92 valence electrons. The third-order valence-corrected chi connectivity index (χ3v) is 2.17. The molecular formula is C11H12BrNO4. The van der Waals surface area contributed by atoms with Gasteiger partial charge in [-0.15, -0.1) is 0 Å². The molecule has 1 rings (SSSR count). The summed E-state index contributed by atoms with van der Waals surface area (Å²) in [6, 6.07) is 3.85. The van der Waals surface area contributed by atoms with Crippen molar-refractivity contribution in [3.8, 4) is 11.5 Å². The maximum atomic E-state index is 11.5. The van der Waals surface area contributed by atoms with Gasteiger partial charge in [0.1, 0.15) is 11.5 Å². The first-order valence-electron chi connectivity index (χ1n) is 4.66. The molecule has 1 aromatic carbocycles. The SMILES string of the molecule is C=C(Br)CN(C(=O)OC)c1cc(O)cc(O)c1. The number of phenols is 2. The van der Waals surface area contributed by atoms with Gasteiger partial charge in [0.25, 0.3) is 0 Å². The minimum Gasteiger partial charge on any atom is -0.508 e. The summed E-state index contributed by atoms with van der Waals surface area (Å²) in [5.41, 5.74) is 0.315. The Balaban J connectivity index is 3.11. The molecule has 0 saturated heterocycles. The number of halogens is 1. The molecule has 6 heteroatoms. The molecule has 0 fully saturated rings. The molecular weight excluding hydrogens is 290 g/mol. The number of nitrogens with zero attached hydrogens (tertiary/aromatic N) is 1. The van der Waals surface area contributed by atoms with Gasteiger partial charge in [0.2, 0.25) is 0 Å². The van der Waals surface area contributed by atoms with E-state index in [-0.39, 0.29) is 18.0 Å².